The third-order valence-electron chi connectivity index (χ3n) is 1.97. The van der Waals surface area contributed by atoms with Crippen LogP contribution in [-0.2, 0) is 9.47 Å². The van der Waals surface area contributed by atoms with E-state index in [1.54, 1.807) is 0 Å². The van der Waals surface area contributed by atoms with Crippen LogP contribution in [0.15, 0.2) is 0 Å². The molecule has 86 valence electrons. The predicted octanol–water partition coefficient (Wildman–Crippen LogP) is 0.561. The molecule has 0 bridgehead atoms. The van der Waals surface area contributed by atoms with E-state index in [-0.39, 0.29) is 0 Å². The molecule has 0 saturated heterocycles. The molecule has 0 amide bonds. The molecule has 0 rings (SSSR count). The lowest BCUT2D eigenvalue weighted by Crippen LogP contribution is -2.28. The molecule has 0 aromatic heterocycles. The minimum atomic E-state index is -0.706. The minimum absolute atomic E-state index is 0.473. The lowest BCUT2D eigenvalue weighted by Gasteiger charge is -2.17. The third kappa shape index (κ3) is 7.26. The van der Waals surface area contributed by atoms with Crippen molar-refractivity contribution in [1.82, 2.24) is 0 Å². The van der Waals surface area contributed by atoms with Gasteiger partial charge in [-0.2, -0.15) is 0 Å². The molecule has 0 heterocycles. The third-order valence-corrected chi connectivity index (χ3v) is 1.97. The van der Waals surface area contributed by atoms with E-state index in [4.69, 9.17) is 9.47 Å². The molecule has 0 aromatic rings. The van der Waals surface area contributed by atoms with Crippen molar-refractivity contribution < 1.29 is 19.7 Å². The Kier molecular flexibility index (Phi) is 9.29. The molecule has 0 aromatic carbocycles. The predicted molar refractivity (Wildman–Crippen MR) is 54.2 cm³/mol. The molecular weight excluding hydrogens is 184 g/mol. The minimum Gasteiger partial charge on any atom is -0.390 e. The highest BCUT2D eigenvalue weighted by Crippen LogP contribution is 2.04. The van der Waals surface area contributed by atoms with Crippen molar-refractivity contribution in [2.24, 2.45) is 0 Å². The summed E-state index contributed by atoms with van der Waals surface area (Å²) in [5.74, 6) is 0. The second kappa shape index (κ2) is 9.40. The summed E-state index contributed by atoms with van der Waals surface area (Å²) in [6, 6.07) is 0. The maximum atomic E-state index is 9.46. The molecule has 4 heteroatoms. The molecule has 0 aliphatic heterocycles. The fraction of sp³-hybridized carbons (Fsp3) is 1.00. The lowest BCUT2D eigenvalue weighted by molar-refractivity contribution is -0.0199. The quantitative estimate of drug-likeness (QED) is 0.541. The summed E-state index contributed by atoms with van der Waals surface area (Å²) in [6.07, 6.45) is -0.466. The Morgan fingerprint density at radius 1 is 0.857 bits per heavy atom. The van der Waals surface area contributed by atoms with Gasteiger partial charge in [0.05, 0.1) is 12.2 Å². The van der Waals surface area contributed by atoms with Crippen LogP contribution in [-0.4, -0.2) is 48.8 Å². The first kappa shape index (κ1) is 13.8. The van der Waals surface area contributed by atoms with Crippen molar-refractivity contribution >= 4 is 0 Å². The summed E-state index contributed by atoms with van der Waals surface area (Å²) in [4.78, 5) is 0. The highest BCUT2D eigenvalue weighted by molar-refractivity contribution is 4.66. The van der Waals surface area contributed by atoms with Crippen LogP contribution in [0.4, 0.5) is 0 Å². The molecule has 0 saturated carbocycles. The van der Waals surface area contributed by atoms with Gasteiger partial charge in [0.15, 0.2) is 0 Å². The van der Waals surface area contributed by atoms with Crippen molar-refractivity contribution in [3.05, 3.63) is 0 Å². The normalized spacial score (nSPS) is 15.4. The van der Waals surface area contributed by atoms with E-state index < -0.39 is 12.2 Å². The van der Waals surface area contributed by atoms with E-state index in [1.165, 1.54) is 0 Å². The Labute approximate surface area is 85.8 Å². The molecule has 4 nitrogen and oxygen atoms in total. The standard InChI is InChI=1S/C10H22O4/c1-3-13-7-5-9(11)10(12)6-8-14-4-2/h9-12H,3-8H2,1-2H3. The van der Waals surface area contributed by atoms with Gasteiger partial charge in [0.1, 0.15) is 0 Å². The average molecular weight is 206 g/mol. The van der Waals surface area contributed by atoms with Crippen LogP contribution in [0, 0.1) is 0 Å². The van der Waals surface area contributed by atoms with Gasteiger partial charge in [-0.3, -0.25) is 0 Å². The van der Waals surface area contributed by atoms with E-state index in [0.717, 1.165) is 0 Å². The number of ether oxygens (including phenoxy) is 2. The number of hydrogen-bond donors (Lipinski definition) is 2. The molecular formula is C10H22O4. The molecule has 0 aliphatic rings. The van der Waals surface area contributed by atoms with Crippen LogP contribution in [0.3, 0.4) is 0 Å². The largest absolute Gasteiger partial charge is 0.390 e. The molecule has 0 fully saturated rings. The van der Waals surface area contributed by atoms with Gasteiger partial charge < -0.3 is 19.7 Å². The SMILES string of the molecule is CCOCCC(O)C(O)CCOCC. The zero-order valence-corrected chi connectivity index (χ0v) is 9.11. The molecule has 0 aliphatic carbocycles. The average Bonchev–Trinajstić information content (AvgIpc) is 2.18. The Morgan fingerprint density at radius 3 is 1.50 bits per heavy atom. The zero-order valence-electron chi connectivity index (χ0n) is 9.11. The topological polar surface area (TPSA) is 58.9 Å². The van der Waals surface area contributed by atoms with Gasteiger partial charge in [-0.05, 0) is 26.7 Å². The summed E-state index contributed by atoms with van der Waals surface area (Å²) >= 11 is 0. The van der Waals surface area contributed by atoms with Crippen molar-refractivity contribution in [1.29, 1.82) is 0 Å². The van der Waals surface area contributed by atoms with Crippen LogP contribution in [0.25, 0.3) is 0 Å². The molecule has 14 heavy (non-hydrogen) atoms. The van der Waals surface area contributed by atoms with Crippen LogP contribution < -0.4 is 0 Å². The van der Waals surface area contributed by atoms with Gasteiger partial charge in [-0.25, -0.2) is 0 Å². The summed E-state index contributed by atoms with van der Waals surface area (Å²) < 4.78 is 10.2. The second-order valence-corrected chi connectivity index (χ2v) is 3.11. The van der Waals surface area contributed by atoms with E-state index in [9.17, 15) is 10.2 Å². The maximum absolute atomic E-state index is 9.46. The van der Waals surface area contributed by atoms with Crippen molar-refractivity contribution in [3.8, 4) is 0 Å². The maximum Gasteiger partial charge on any atom is 0.0821 e. The summed E-state index contributed by atoms with van der Waals surface area (Å²) in [7, 11) is 0. The van der Waals surface area contributed by atoms with Gasteiger partial charge in [0.2, 0.25) is 0 Å². The molecule has 2 unspecified atom stereocenters. The lowest BCUT2D eigenvalue weighted by atomic mass is 10.1. The first-order valence-corrected chi connectivity index (χ1v) is 5.24. The Balaban J connectivity index is 3.39. The number of hydrogen-bond acceptors (Lipinski definition) is 4. The Morgan fingerprint density at radius 2 is 1.21 bits per heavy atom. The Bertz CT molecular complexity index is 105. The first-order chi connectivity index (χ1) is 6.72. The second-order valence-electron chi connectivity index (χ2n) is 3.11. The summed E-state index contributed by atoms with van der Waals surface area (Å²) in [5.41, 5.74) is 0. The van der Waals surface area contributed by atoms with Crippen LogP contribution in [0.5, 0.6) is 0 Å². The Hall–Kier alpha value is -0.160. The van der Waals surface area contributed by atoms with E-state index in [0.29, 0.717) is 39.3 Å². The monoisotopic (exact) mass is 206 g/mol. The fourth-order valence-electron chi connectivity index (χ4n) is 1.08. The number of aliphatic hydroxyl groups is 2. The van der Waals surface area contributed by atoms with Gasteiger partial charge >= 0.3 is 0 Å². The number of rotatable bonds is 9. The smallest absolute Gasteiger partial charge is 0.0821 e. The van der Waals surface area contributed by atoms with Crippen LogP contribution in [0.2, 0.25) is 0 Å². The van der Waals surface area contributed by atoms with Crippen LogP contribution in [0.1, 0.15) is 26.7 Å². The fourth-order valence-corrected chi connectivity index (χ4v) is 1.08. The van der Waals surface area contributed by atoms with Gasteiger partial charge in [-0.1, -0.05) is 0 Å². The first-order valence-electron chi connectivity index (χ1n) is 5.24. The molecule has 2 atom stereocenters. The number of aliphatic hydroxyl groups excluding tert-OH is 2. The van der Waals surface area contributed by atoms with E-state index >= 15 is 0 Å². The van der Waals surface area contributed by atoms with Gasteiger partial charge in [0.25, 0.3) is 0 Å². The van der Waals surface area contributed by atoms with Crippen molar-refractivity contribution in [2.45, 2.75) is 38.9 Å². The molecule has 0 spiro atoms. The summed E-state index contributed by atoms with van der Waals surface area (Å²) in [6.45, 7) is 6.06. The molecule has 2 N–H and O–H groups in total. The van der Waals surface area contributed by atoms with Gasteiger partial charge in [-0.15, -0.1) is 0 Å². The zero-order chi connectivity index (χ0) is 10.8. The van der Waals surface area contributed by atoms with E-state index in [1.807, 2.05) is 13.8 Å². The van der Waals surface area contributed by atoms with Gasteiger partial charge in [0, 0.05) is 26.4 Å². The molecule has 0 radical (unpaired) electrons. The highest BCUT2D eigenvalue weighted by Gasteiger charge is 2.15. The van der Waals surface area contributed by atoms with Crippen molar-refractivity contribution in [3.63, 3.8) is 0 Å². The van der Waals surface area contributed by atoms with Crippen LogP contribution >= 0.6 is 0 Å². The van der Waals surface area contributed by atoms with Crippen molar-refractivity contribution in [2.75, 3.05) is 26.4 Å². The van der Waals surface area contributed by atoms with E-state index in [2.05, 4.69) is 0 Å². The highest BCUT2D eigenvalue weighted by atomic mass is 16.5. The summed E-state index contributed by atoms with van der Waals surface area (Å²) in [5, 5.41) is 18.9.